The fourth-order valence-electron chi connectivity index (χ4n) is 2.31. The van der Waals surface area contributed by atoms with Gasteiger partial charge in [-0.05, 0) is 48.8 Å². The molecular weight excluding hydrogens is 206 g/mol. The summed E-state index contributed by atoms with van der Waals surface area (Å²) in [6.07, 6.45) is 2.57. The lowest BCUT2D eigenvalue weighted by Crippen LogP contribution is -2.08. The van der Waals surface area contributed by atoms with Crippen LogP contribution in [-0.4, -0.2) is 0 Å². The molecule has 0 spiro atoms. The van der Waals surface area contributed by atoms with E-state index in [0.717, 1.165) is 18.4 Å². The van der Waals surface area contributed by atoms with Crippen LogP contribution < -0.4 is 0 Å². The molecule has 1 aliphatic carbocycles. The summed E-state index contributed by atoms with van der Waals surface area (Å²) in [5, 5.41) is 0. The highest BCUT2D eigenvalue weighted by molar-refractivity contribution is 5.35. The van der Waals surface area contributed by atoms with E-state index in [2.05, 4.69) is 6.92 Å². The second kappa shape index (κ2) is 3.83. The van der Waals surface area contributed by atoms with Gasteiger partial charge in [0.25, 0.3) is 5.92 Å². The molecule has 88 valence electrons. The number of aryl methyl sites for hydroxylation is 1. The molecule has 0 radical (unpaired) electrons. The van der Waals surface area contributed by atoms with Crippen LogP contribution in [0.4, 0.5) is 8.78 Å². The third-order valence-electron chi connectivity index (χ3n) is 3.60. The Morgan fingerprint density at radius 3 is 2.38 bits per heavy atom. The van der Waals surface area contributed by atoms with E-state index in [1.54, 1.807) is 12.1 Å². The number of benzene rings is 1. The average Bonchev–Trinajstić information content (AvgIpc) is 2.98. The molecule has 0 amide bonds. The maximum atomic E-state index is 13.1. The van der Waals surface area contributed by atoms with E-state index in [-0.39, 0.29) is 5.56 Å². The molecule has 1 fully saturated rings. The molecule has 1 aromatic carbocycles. The van der Waals surface area contributed by atoms with E-state index in [4.69, 9.17) is 0 Å². The lowest BCUT2D eigenvalue weighted by molar-refractivity contribution is 0.0174. The highest BCUT2D eigenvalue weighted by atomic mass is 19.3. The zero-order valence-electron chi connectivity index (χ0n) is 10.1. The first kappa shape index (κ1) is 11.6. The minimum absolute atomic E-state index is 0.122. The van der Waals surface area contributed by atoms with Gasteiger partial charge in [0, 0.05) is 12.5 Å². The first-order valence-corrected chi connectivity index (χ1v) is 5.88. The number of hydrogen-bond donors (Lipinski definition) is 0. The average molecular weight is 224 g/mol. The summed E-state index contributed by atoms with van der Waals surface area (Å²) in [4.78, 5) is 0. The van der Waals surface area contributed by atoms with Crippen LogP contribution in [0.15, 0.2) is 18.2 Å². The SMILES string of the molecule is Cc1cc(C(C)(F)F)ccc1[C@H](C)C1CC1. The molecule has 0 aromatic heterocycles. The quantitative estimate of drug-likeness (QED) is 0.702. The van der Waals surface area contributed by atoms with Crippen molar-refractivity contribution in [3.63, 3.8) is 0 Å². The molecule has 0 bridgehead atoms. The van der Waals surface area contributed by atoms with Crippen molar-refractivity contribution >= 4 is 0 Å². The van der Waals surface area contributed by atoms with Crippen molar-refractivity contribution in [1.29, 1.82) is 0 Å². The lowest BCUT2D eigenvalue weighted by Gasteiger charge is -2.17. The topological polar surface area (TPSA) is 0 Å². The van der Waals surface area contributed by atoms with Gasteiger partial charge in [-0.3, -0.25) is 0 Å². The van der Waals surface area contributed by atoms with Gasteiger partial charge in [0.15, 0.2) is 0 Å². The van der Waals surface area contributed by atoms with E-state index < -0.39 is 5.92 Å². The van der Waals surface area contributed by atoms with Gasteiger partial charge in [-0.2, -0.15) is 0 Å². The Morgan fingerprint density at radius 1 is 1.31 bits per heavy atom. The second-order valence-corrected chi connectivity index (χ2v) is 5.09. The Bertz CT molecular complexity index is 386. The van der Waals surface area contributed by atoms with Crippen molar-refractivity contribution in [2.75, 3.05) is 0 Å². The highest BCUT2D eigenvalue weighted by Gasteiger charge is 2.31. The van der Waals surface area contributed by atoms with E-state index in [0.29, 0.717) is 5.92 Å². The Morgan fingerprint density at radius 2 is 1.94 bits per heavy atom. The summed E-state index contributed by atoms with van der Waals surface area (Å²) >= 11 is 0. The molecule has 1 aromatic rings. The Balaban J connectivity index is 2.29. The molecular formula is C14H18F2. The van der Waals surface area contributed by atoms with E-state index in [1.807, 2.05) is 13.0 Å². The van der Waals surface area contributed by atoms with E-state index in [9.17, 15) is 8.78 Å². The number of halogens is 2. The van der Waals surface area contributed by atoms with Gasteiger partial charge in [0.2, 0.25) is 0 Å². The van der Waals surface area contributed by atoms with Crippen LogP contribution >= 0.6 is 0 Å². The maximum absolute atomic E-state index is 13.1. The molecule has 16 heavy (non-hydrogen) atoms. The Hall–Kier alpha value is -0.920. The van der Waals surface area contributed by atoms with E-state index >= 15 is 0 Å². The third-order valence-corrected chi connectivity index (χ3v) is 3.60. The molecule has 1 aliphatic rings. The molecule has 2 rings (SSSR count). The van der Waals surface area contributed by atoms with Crippen molar-refractivity contribution in [2.45, 2.75) is 45.5 Å². The molecule has 0 heterocycles. The van der Waals surface area contributed by atoms with Gasteiger partial charge in [-0.1, -0.05) is 19.1 Å². The van der Waals surface area contributed by atoms with Gasteiger partial charge >= 0.3 is 0 Å². The fraction of sp³-hybridized carbons (Fsp3) is 0.571. The summed E-state index contributed by atoms with van der Waals surface area (Å²) in [7, 11) is 0. The Labute approximate surface area is 95.7 Å². The molecule has 0 N–H and O–H groups in total. The first-order chi connectivity index (χ1) is 7.39. The van der Waals surface area contributed by atoms with Crippen molar-refractivity contribution in [3.05, 3.63) is 34.9 Å². The summed E-state index contributed by atoms with van der Waals surface area (Å²) in [5.41, 5.74) is 2.35. The van der Waals surface area contributed by atoms with Crippen LogP contribution in [0.3, 0.4) is 0 Å². The molecule has 0 aliphatic heterocycles. The van der Waals surface area contributed by atoms with Crippen LogP contribution in [-0.2, 0) is 5.92 Å². The highest BCUT2D eigenvalue weighted by Crippen LogP contribution is 2.43. The molecule has 1 saturated carbocycles. The smallest absolute Gasteiger partial charge is 0.202 e. The van der Waals surface area contributed by atoms with Crippen molar-refractivity contribution < 1.29 is 8.78 Å². The first-order valence-electron chi connectivity index (χ1n) is 5.88. The molecule has 0 saturated heterocycles. The van der Waals surface area contributed by atoms with E-state index in [1.165, 1.54) is 18.4 Å². The molecule has 0 nitrogen and oxygen atoms in total. The fourth-order valence-corrected chi connectivity index (χ4v) is 2.31. The standard InChI is InChI=1S/C14H18F2/c1-9-8-12(14(3,15)16)6-7-13(9)10(2)11-4-5-11/h6-8,10-11H,4-5H2,1-3H3/t10-/m1/s1. The normalized spacial score (nSPS) is 18.6. The number of alkyl halides is 2. The van der Waals surface area contributed by atoms with Gasteiger partial charge < -0.3 is 0 Å². The zero-order valence-corrected chi connectivity index (χ0v) is 10.1. The third kappa shape index (κ3) is 2.26. The van der Waals surface area contributed by atoms with Crippen LogP contribution in [0.5, 0.6) is 0 Å². The van der Waals surface area contributed by atoms with Crippen LogP contribution in [0.25, 0.3) is 0 Å². The largest absolute Gasteiger partial charge is 0.270 e. The minimum Gasteiger partial charge on any atom is -0.202 e. The second-order valence-electron chi connectivity index (χ2n) is 5.09. The summed E-state index contributed by atoms with van der Waals surface area (Å²) < 4.78 is 26.3. The summed E-state index contributed by atoms with van der Waals surface area (Å²) in [5.74, 6) is -1.45. The van der Waals surface area contributed by atoms with Gasteiger partial charge in [-0.15, -0.1) is 0 Å². The van der Waals surface area contributed by atoms with Gasteiger partial charge in [0.1, 0.15) is 0 Å². The predicted molar refractivity (Wildman–Crippen MR) is 61.9 cm³/mol. The minimum atomic E-state index is -2.73. The van der Waals surface area contributed by atoms with Crippen LogP contribution in [0, 0.1) is 12.8 Å². The number of hydrogen-bond acceptors (Lipinski definition) is 0. The number of rotatable bonds is 3. The summed E-state index contributed by atoms with van der Waals surface area (Å²) in [6, 6.07) is 5.08. The lowest BCUT2D eigenvalue weighted by atomic mass is 9.90. The molecule has 2 heteroatoms. The van der Waals surface area contributed by atoms with Crippen molar-refractivity contribution in [1.82, 2.24) is 0 Å². The monoisotopic (exact) mass is 224 g/mol. The molecule has 0 unspecified atom stereocenters. The van der Waals surface area contributed by atoms with Crippen molar-refractivity contribution in [3.8, 4) is 0 Å². The van der Waals surface area contributed by atoms with Crippen molar-refractivity contribution in [2.24, 2.45) is 5.92 Å². The zero-order chi connectivity index (χ0) is 11.9. The molecule has 1 atom stereocenters. The maximum Gasteiger partial charge on any atom is 0.270 e. The van der Waals surface area contributed by atoms with Crippen LogP contribution in [0.2, 0.25) is 0 Å². The Kier molecular flexibility index (Phi) is 2.77. The predicted octanol–water partition coefficient (Wildman–Crippen LogP) is 4.62. The summed E-state index contributed by atoms with van der Waals surface area (Å²) in [6.45, 7) is 5.08. The van der Waals surface area contributed by atoms with Gasteiger partial charge in [0.05, 0.1) is 0 Å². The van der Waals surface area contributed by atoms with Gasteiger partial charge in [-0.25, -0.2) is 8.78 Å². The van der Waals surface area contributed by atoms with Crippen LogP contribution in [0.1, 0.15) is 49.3 Å².